The maximum Gasteiger partial charge on any atom is 0.408 e. The Kier molecular flexibility index (Phi) is 7.09. The number of alkyl carbamates (subject to hydrolysis) is 1. The van der Waals surface area contributed by atoms with Crippen LogP contribution in [-0.2, 0) is 9.53 Å². The number of methoxy groups -OCH3 is 1. The van der Waals surface area contributed by atoms with Crippen LogP contribution < -0.4 is 20.1 Å². The van der Waals surface area contributed by atoms with Gasteiger partial charge in [-0.3, -0.25) is 4.79 Å². The molecule has 0 radical (unpaired) electrons. The largest absolute Gasteiger partial charge is 0.497 e. The standard InChI is InChI=1S/C22H28N2O5/c1-14-7-10-18(27-6)13-19(14)28-17-11-8-16(9-12-17)24-20(25)15(2)23-21(26)29-22(3,4)5/h7-13,15H,1-6H3,(H,23,26)(H,24,25). The van der Waals surface area contributed by atoms with Crippen molar-refractivity contribution in [1.82, 2.24) is 5.32 Å². The number of rotatable bonds is 6. The van der Waals surface area contributed by atoms with Crippen LogP contribution in [0.5, 0.6) is 17.2 Å². The number of hydrogen-bond donors (Lipinski definition) is 2. The summed E-state index contributed by atoms with van der Waals surface area (Å²) in [6.07, 6.45) is -0.641. The number of nitrogens with one attached hydrogen (secondary N) is 2. The average Bonchev–Trinajstić information content (AvgIpc) is 2.63. The van der Waals surface area contributed by atoms with E-state index in [2.05, 4.69) is 10.6 Å². The van der Waals surface area contributed by atoms with Crippen LogP contribution >= 0.6 is 0 Å². The molecule has 1 unspecified atom stereocenters. The van der Waals surface area contributed by atoms with E-state index < -0.39 is 17.7 Å². The number of amides is 2. The SMILES string of the molecule is COc1ccc(C)c(Oc2ccc(NC(=O)C(C)NC(=O)OC(C)(C)C)cc2)c1. The van der Waals surface area contributed by atoms with Gasteiger partial charge in [0.15, 0.2) is 0 Å². The van der Waals surface area contributed by atoms with Gasteiger partial charge < -0.3 is 24.8 Å². The Labute approximate surface area is 171 Å². The molecule has 29 heavy (non-hydrogen) atoms. The van der Waals surface area contributed by atoms with Crippen LogP contribution in [0.3, 0.4) is 0 Å². The van der Waals surface area contributed by atoms with Crippen molar-refractivity contribution in [3.05, 3.63) is 48.0 Å². The maximum atomic E-state index is 12.3. The van der Waals surface area contributed by atoms with E-state index in [4.69, 9.17) is 14.2 Å². The normalized spacial score (nSPS) is 11.9. The summed E-state index contributed by atoms with van der Waals surface area (Å²) < 4.78 is 16.3. The van der Waals surface area contributed by atoms with Crippen molar-refractivity contribution in [2.24, 2.45) is 0 Å². The van der Waals surface area contributed by atoms with Gasteiger partial charge in [-0.25, -0.2) is 4.79 Å². The molecule has 0 aliphatic rings. The second-order valence-electron chi connectivity index (χ2n) is 7.62. The van der Waals surface area contributed by atoms with Crippen LogP contribution in [0.15, 0.2) is 42.5 Å². The fourth-order valence-electron chi connectivity index (χ4n) is 2.35. The summed E-state index contributed by atoms with van der Waals surface area (Å²) in [5, 5.41) is 5.25. The molecule has 2 rings (SSSR count). The molecular weight excluding hydrogens is 372 g/mol. The molecular formula is C22H28N2O5. The van der Waals surface area contributed by atoms with E-state index in [9.17, 15) is 9.59 Å². The summed E-state index contributed by atoms with van der Waals surface area (Å²) in [6, 6.07) is 11.8. The number of aryl methyl sites for hydroxylation is 1. The van der Waals surface area contributed by atoms with E-state index in [-0.39, 0.29) is 5.91 Å². The molecule has 2 aromatic carbocycles. The zero-order valence-electron chi connectivity index (χ0n) is 17.7. The van der Waals surface area contributed by atoms with Gasteiger partial charge in [-0.05, 0) is 70.5 Å². The number of carbonyl (C=O) groups excluding carboxylic acids is 2. The monoisotopic (exact) mass is 400 g/mol. The smallest absolute Gasteiger partial charge is 0.408 e. The van der Waals surface area contributed by atoms with Crippen molar-refractivity contribution >= 4 is 17.7 Å². The minimum atomic E-state index is -0.750. The third kappa shape index (κ3) is 7.03. The average molecular weight is 400 g/mol. The van der Waals surface area contributed by atoms with Crippen LogP contribution in [0.4, 0.5) is 10.5 Å². The second-order valence-corrected chi connectivity index (χ2v) is 7.62. The van der Waals surface area contributed by atoms with E-state index in [0.717, 1.165) is 5.56 Å². The van der Waals surface area contributed by atoms with Crippen LogP contribution in [-0.4, -0.2) is 30.8 Å². The third-order valence-corrected chi connectivity index (χ3v) is 3.87. The quantitative estimate of drug-likeness (QED) is 0.737. The van der Waals surface area contributed by atoms with Gasteiger partial charge in [-0.15, -0.1) is 0 Å². The molecule has 0 bridgehead atoms. The Hall–Kier alpha value is -3.22. The van der Waals surface area contributed by atoms with Crippen LogP contribution in [0, 0.1) is 6.92 Å². The van der Waals surface area contributed by atoms with E-state index in [1.54, 1.807) is 59.1 Å². The highest BCUT2D eigenvalue weighted by atomic mass is 16.6. The van der Waals surface area contributed by atoms with E-state index in [1.165, 1.54) is 0 Å². The van der Waals surface area contributed by atoms with Crippen molar-refractivity contribution in [2.45, 2.75) is 46.3 Å². The summed E-state index contributed by atoms with van der Waals surface area (Å²) in [5.74, 6) is 1.67. The molecule has 0 heterocycles. The number of hydrogen-bond acceptors (Lipinski definition) is 5. The fraction of sp³-hybridized carbons (Fsp3) is 0.364. The molecule has 0 aliphatic carbocycles. The van der Waals surface area contributed by atoms with E-state index >= 15 is 0 Å². The predicted octanol–water partition coefficient (Wildman–Crippen LogP) is 4.65. The summed E-state index contributed by atoms with van der Waals surface area (Å²) in [5.41, 5.74) is 0.935. The lowest BCUT2D eigenvalue weighted by molar-refractivity contribution is -0.117. The topological polar surface area (TPSA) is 85.9 Å². The Morgan fingerprint density at radius 3 is 2.21 bits per heavy atom. The molecule has 1 atom stereocenters. The first-order valence-electron chi connectivity index (χ1n) is 9.30. The predicted molar refractivity (Wildman–Crippen MR) is 112 cm³/mol. The number of benzene rings is 2. The minimum Gasteiger partial charge on any atom is -0.497 e. The van der Waals surface area contributed by atoms with Crippen LogP contribution in [0.2, 0.25) is 0 Å². The Morgan fingerprint density at radius 2 is 1.62 bits per heavy atom. The van der Waals surface area contributed by atoms with E-state index in [1.807, 2.05) is 25.1 Å². The summed E-state index contributed by atoms with van der Waals surface area (Å²) in [4.78, 5) is 24.1. The first-order chi connectivity index (χ1) is 13.6. The minimum absolute atomic E-state index is 0.354. The molecule has 0 spiro atoms. The summed E-state index contributed by atoms with van der Waals surface area (Å²) in [6.45, 7) is 8.81. The molecule has 0 saturated heterocycles. The highest BCUT2D eigenvalue weighted by Gasteiger charge is 2.21. The zero-order chi connectivity index (χ0) is 21.6. The molecule has 156 valence electrons. The van der Waals surface area contributed by atoms with Crippen LogP contribution in [0.1, 0.15) is 33.3 Å². The van der Waals surface area contributed by atoms with Gasteiger partial charge >= 0.3 is 6.09 Å². The van der Waals surface area contributed by atoms with Gasteiger partial charge in [0, 0.05) is 11.8 Å². The lowest BCUT2D eigenvalue weighted by Crippen LogP contribution is -2.43. The van der Waals surface area contributed by atoms with Gasteiger partial charge in [-0.2, -0.15) is 0 Å². The highest BCUT2D eigenvalue weighted by molar-refractivity contribution is 5.96. The number of carbonyl (C=O) groups is 2. The van der Waals surface area contributed by atoms with Crippen molar-refractivity contribution in [3.63, 3.8) is 0 Å². The molecule has 2 N–H and O–H groups in total. The van der Waals surface area contributed by atoms with Gasteiger partial charge in [0.2, 0.25) is 5.91 Å². The van der Waals surface area contributed by atoms with Crippen LogP contribution in [0.25, 0.3) is 0 Å². The van der Waals surface area contributed by atoms with E-state index in [0.29, 0.717) is 22.9 Å². The van der Waals surface area contributed by atoms with Gasteiger partial charge in [-0.1, -0.05) is 6.07 Å². The Balaban J connectivity index is 1.95. The molecule has 0 fully saturated rings. The number of ether oxygens (including phenoxy) is 3. The van der Waals surface area contributed by atoms with Crippen molar-refractivity contribution in [1.29, 1.82) is 0 Å². The van der Waals surface area contributed by atoms with Gasteiger partial charge in [0.1, 0.15) is 28.9 Å². The zero-order valence-corrected chi connectivity index (χ0v) is 17.7. The van der Waals surface area contributed by atoms with Gasteiger partial charge in [0.25, 0.3) is 0 Å². The van der Waals surface area contributed by atoms with Crippen molar-refractivity contribution in [3.8, 4) is 17.2 Å². The summed E-state index contributed by atoms with van der Waals surface area (Å²) >= 11 is 0. The third-order valence-electron chi connectivity index (χ3n) is 3.87. The fourth-order valence-corrected chi connectivity index (χ4v) is 2.35. The highest BCUT2D eigenvalue weighted by Crippen LogP contribution is 2.29. The Bertz CT molecular complexity index is 856. The molecule has 0 aromatic heterocycles. The lowest BCUT2D eigenvalue weighted by atomic mass is 10.2. The van der Waals surface area contributed by atoms with Crippen molar-refractivity contribution < 1.29 is 23.8 Å². The maximum absolute atomic E-state index is 12.3. The number of anilines is 1. The second kappa shape index (κ2) is 9.32. The van der Waals surface area contributed by atoms with Crippen molar-refractivity contribution in [2.75, 3.05) is 12.4 Å². The first kappa shape index (κ1) is 22.1. The summed E-state index contributed by atoms with van der Waals surface area (Å²) in [7, 11) is 1.60. The van der Waals surface area contributed by atoms with Gasteiger partial charge in [0.05, 0.1) is 7.11 Å². The molecule has 2 amide bonds. The molecule has 7 heteroatoms. The molecule has 0 saturated carbocycles. The molecule has 2 aromatic rings. The Morgan fingerprint density at radius 1 is 1.00 bits per heavy atom. The first-order valence-corrected chi connectivity index (χ1v) is 9.30. The molecule has 0 aliphatic heterocycles. The lowest BCUT2D eigenvalue weighted by Gasteiger charge is -2.21. The molecule has 7 nitrogen and oxygen atoms in total.